The number of hydrogen-bond acceptors (Lipinski definition) is 4. The van der Waals surface area contributed by atoms with Crippen molar-refractivity contribution in [3.05, 3.63) is 35.4 Å². The molecule has 3 N–H and O–H groups in total. The number of nitrogens with one attached hydrogen (secondary N) is 1. The van der Waals surface area contributed by atoms with Gasteiger partial charge in [-0.3, -0.25) is 19.8 Å². The normalized spacial score (nSPS) is 18.9. The van der Waals surface area contributed by atoms with Gasteiger partial charge in [-0.2, -0.15) is 0 Å². The Morgan fingerprint density at radius 3 is 2.86 bits per heavy atom. The van der Waals surface area contributed by atoms with Crippen LogP contribution in [0.4, 0.5) is 0 Å². The number of rotatable bonds is 3. The SMILES string of the molecule is CCC1C(=O)NC(=O)CN1Cc1ccccc1C#CCN. The van der Waals surface area contributed by atoms with E-state index >= 15 is 0 Å². The molecule has 1 heterocycles. The molecule has 5 nitrogen and oxygen atoms in total. The minimum atomic E-state index is -0.279. The minimum absolute atomic E-state index is 0.223. The molecule has 1 aliphatic heterocycles. The van der Waals surface area contributed by atoms with Gasteiger partial charge in [-0.1, -0.05) is 37.0 Å². The van der Waals surface area contributed by atoms with E-state index in [1.807, 2.05) is 36.1 Å². The first-order chi connectivity index (χ1) is 10.2. The highest BCUT2D eigenvalue weighted by Crippen LogP contribution is 2.16. The van der Waals surface area contributed by atoms with Gasteiger partial charge in [0.1, 0.15) is 0 Å². The predicted octanol–water partition coefficient (Wildman–Crippen LogP) is 0.234. The second-order valence-corrected chi connectivity index (χ2v) is 4.90. The highest BCUT2D eigenvalue weighted by Gasteiger charge is 2.32. The molecule has 1 fully saturated rings. The molecule has 0 bridgehead atoms. The van der Waals surface area contributed by atoms with Crippen LogP contribution in [0.1, 0.15) is 24.5 Å². The zero-order chi connectivity index (χ0) is 15.2. The lowest BCUT2D eigenvalue weighted by Gasteiger charge is -2.33. The molecule has 110 valence electrons. The molecule has 0 aromatic heterocycles. The Hall–Kier alpha value is -2.16. The lowest BCUT2D eigenvalue weighted by Crippen LogP contribution is -2.57. The van der Waals surface area contributed by atoms with E-state index in [1.54, 1.807) is 0 Å². The van der Waals surface area contributed by atoms with Crippen molar-refractivity contribution in [1.29, 1.82) is 0 Å². The summed E-state index contributed by atoms with van der Waals surface area (Å²) in [4.78, 5) is 25.3. The highest BCUT2D eigenvalue weighted by atomic mass is 16.2. The Kier molecular flexibility index (Phi) is 5.09. The van der Waals surface area contributed by atoms with Crippen LogP contribution in [0.5, 0.6) is 0 Å². The van der Waals surface area contributed by atoms with E-state index in [0.29, 0.717) is 19.5 Å². The summed E-state index contributed by atoms with van der Waals surface area (Å²) in [5, 5.41) is 2.38. The van der Waals surface area contributed by atoms with Crippen molar-refractivity contribution in [3.63, 3.8) is 0 Å². The van der Waals surface area contributed by atoms with Crippen molar-refractivity contribution in [1.82, 2.24) is 10.2 Å². The maximum absolute atomic E-state index is 11.9. The molecule has 1 aromatic carbocycles. The van der Waals surface area contributed by atoms with E-state index in [-0.39, 0.29) is 24.4 Å². The van der Waals surface area contributed by atoms with Gasteiger partial charge in [0.05, 0.1) is 19.1 Å². The molecule has 0 spiro atoms. The van der Waals surface area contributed by atoms with Crippen LogP contribution in [-0.2, 0) is 16.1 Å². The summed E-state index contributed by atoms with van der Waals surface area (Å²) in [6.45, 7) is 2.99. The fourth-order valence-electron chi connectivity index (χ4n) is 2.48. The molecular formula is C16H19N3O2. The Bertz CT molecular complexity index is 601. The number of carbonyl (C=O) groups is 2. The van der Waals surface area contributed by atoms with Gasteiger partial charge < -0.3 is 5.73 Å². The van der Waals surface area contributed by atoms with Gasteiger partial charge in [0.25, 0.3) is 0 Å². The Morgan fingerprint density at radius 2 is 2.14 bits per heavy atom. The summed E-state index contributed by atoms with van der Waals surface area (Å²) in [7, 11) is 0. The molecule has 1 aromatic rings. The number of piperazine rings is 1. The van der Waals surface area contributed by atoms with Crippen LogP contribution in [0.15, 0.2) is 24.3 Å². The summed E-state index contributed by atoms with van der Waals surface area (Å²) in [5.74, 6) is 5.39. The molecule has 0 radical (unpaired) electrons. The smallest absolute Gasteiger partial charge is 0.243 e. The number of nitrogens with zero attached hydrogens (tertiary/aromatic N) is 1. The van der Waals surface area contributed by atoms with Gasteiger partial charge >= 0.3 is 0 Å². The average Bonchev–Trinajstić information content (AvgIpc) is 2.46. The van der Waals surface area contributed by atoms with E-state index in [4.69, 9.17) is 5.73 Å². The van der Waals surface area contributed by atoms with Crippen LogP contribution in [0, 0.1) is 11.8 Å². The Balaban J connectivity index is 2.23. The third-order valence-electron chi connectivity index (χ3n) is 3.46. The van der Waals surface area contributed by atoms with Crippen molar-refractivity contribution < 1.29 is 9.59 Å². The van der Waals surface area contributed by atoms with E-state index in [9.17, 15) is 9.59 Å². The predicted molar refractivity (Wildman–Crippen MR) is 80.0 cm³/mol. The largest absolute Gasteiger partial charge is 0.320 e. The molecule has 21 heavy (non-hydrogen) atoms. The number of imide groups is 1. The molecule has 1 saturated heterocycles. The molecule has 2 rings (SSSR count). The second kappa shape index (κ2) is 7.02. The summed E-state index contributed by atoms with van der Waals surface area (Å²) >= 11 is 0. The van der Waals surface area contributed by atoms with Crippen LogP contribution in [0.25, 0.3) is 0 Å². The number of carbonyl (C=O) groups excluding carboxylic acids is 2. The van der Waals surface area contributed by atoms with Crippen LogP contribution >= 0.6 is 0 Å². The Morgan fingerprint density at radius 1 is 1.38 bits per heavy atom. The molecule has 0 saturated carbocycles. The van der Waals surface area contributed by atoms with Crippen molar-refractivity contribution in [3.8, 4) is 11.8 Å². The number of amides is 2. The number of hydrogen-bond donors (Lipinski definition) is 2. The Labute approximate surface area is 124 Å². The van der Waals surface area contributed by atoms with Crippen LogP contribution in [0.2, 0.25) is 0 Å². The second-order valence-electron chi connectivity index (χ2n) is 4.90. The highest BCUT2D eigenvalue weighted by molar-refractivity contribution is 6.01. The van der Waals surface area contributed by atoms with E-state index < -0.39 is 0 Å². The maximum Gasteiger partial charge on any atom is 0.243 e. The van der Waals surface area contributed by atoms with Crippen LogP contribution in [-0.4, -0.2) is 35.8 Å². The lowest BCUT2D eigenvalue weighted by atomic mass is 10.0. The van der Waals surface area contributed by atoms with Crippen molar-refractivity contribution in [2.45, 2.75) is 25.9 Å². The van der Waals surface area contributed by atoms with Gasteiger partial charge in [0, 0.05) is 12.1 Å². The quantitative estimate of drug-likeness (QED) is 0.616. The summed E-state index contributed by atoms with van der Waals surface area (Å²) in [6, 6.07) is 7.44. The number of benzene rings is 1. The molecule has 2 amide bonds. The topological polar surface area (TPSA) is 75.4 Å². The third-order valence-corrected chi connectivity index (χ3v) is 3.46. The fourth-order valence-corrected chi connectivity index (χ4v) is 2.48. The summed E-state index contributed by atoms with van der Waals surface area (Å²) in [6.07, 6.45) is 0.662. The monoisotopic (exact) mass is 285 g/mol. The molecular weight excluding hydrogens is 266 g/mol. The summed E-state index contributed by atoms with van der Waals surface area (Å²) < 4.78 is 0. The molecule has 0 aliphatic carbocycles. The first-order valence-corrected chi connectivity index (χ1v) is 7.00. The first kappa shape index (κ1) is 15.2. The third kappa shape index (κ3) is 3.69. The van der Waals surface area contributed by atoms with Gasteiger partial charge in [-0.25, -0.2) is 0 Å². The van der Waals surface area contributed by atoms with Crippen molar-refractivity contribution >= 4 is 11.8 Å². The molecule has 1 aliphatic rings. The first-order valence-electron chi connectivity index (χ1n) is 7.00. The van der Waals surface area contributed by atoms with Gasteiger partial charge in [-0.05, 0) is 18.1 Å². The zero-order valence-corrected chi connectivity index (χ0v) is 12.1. The zero-order valence-electron chi connectivity index (χ0n) is 12.1. The van der Waals surface area contributed by atoms with Crippen LogP contribution < -0.4 is 11.1 Å². The van der Waals surface area contributed by atoms with Crippen LogP contribution in [0.3, 0.4) is 0 Å². The standard InChI is InChI=1S/C16H19N3O2/c1-2-14-16(21)18-15(20)11-19(14)10-13-7-4-3-6-12(13)8-5-9-17/h3-4,6-7,14H,2,9-11,17H2,1H3,(H,18,20,21). The number of nitrogens with two attached hydrogens (primary N) is 1. The van der Waals surface area contributed by atoms with Gasteiger partial charge in [-0.15, -0.1) is 0 Å². The van der Waals surface area contributed by atoms with Gasteiger partial charge in [0.2, 0.25) is 11.8 Å². The minimum Gasteiger partial charge on any atom is -0.320 e. The average molecular weight is 285 g/mol. The van der Waals surface area contributed by atoms with Crippen molar-refractivity contribution in [2.24, 2.45) is 5.73 Å². The summed E-state index contributed by atoms with van der Waals surface area (Å²) in [5.41, 5.74) is 7.29. The lowest BCUT2D eigenvalue weighted by molar-refractivity contribution is -0.140. The van der Waals surface area contributed by atoms with E-state index in [2.05, 4.69) is 17.2 Å². The van der Waals surface area contributed by atoms with E-state index in [1.165, 1.54) is 0 Å². The molecule has 1 unspecified atom stereocenters. The molecule has 5 heteroatoms. The van der Waals surface area contributed by atoms with Gasteiger partial charge in [0.15, 0.2) is 0 Å². The maximum atomic E-state index is 11.9. The molecule has 1 atom stereocenters. The van der Waals surface area contributed by atoms with E-state index in [0.717, 1.165) is 11.1 Å². The van der Waals surface area contributed by atoms with Crippen molar-refractivity contribution in [2.75, 3.05) is 13.1 Å². The fraction of sp³-hybridized carbons (Fsp3) is 0.375.